The second-order valence-corrected chi connectivity index (χ2v) is 4.46. The number of hydrogen-bond donors (Lipinski definition) is 1. The van der Waals surface area contributed by atoms with E-state index in [0.717, 1.165) is 5.56 Å². The predicted molar refractivity (Wildman–Crippen MR) is 70.5 cm³/mol. The molecule has 2 aromatic carbocycles. The molecule has 6 heteroatoms. The normalized spacial score (nSPS) is 10.9. The second kappa shape index (κ2) is 4.41. The number of carboxylic acid groups (broad SMARTS) is 1. The number of fused-ring (bicyclic) bond motifs is 1. The van der Waals surface area contributed by atoms with Crippen LogP contribution in [-0.4, -0.2) is 26.1 Å². The van der Waals surface area contributed by atoms with E-state index in [1.165, 1.54) is 22.9 Å². The van der Waals surface area contributed by atoms with Gasteiger partial charge in [0.25, 0.3) is 0 Å². The SMILES string of the molecule is Cc1ccc(-n2nnc3ccc(C(=O)O)cc32)c(F)c1. The third kappa shape index (κ3) is 1.91. The van der Waals surface area contributed by atoms with Crippen LogP contribution in [0.4, 0.5) is 4.39 Å². The zero-order chi connectivity index (χ0) is 14.3. The average molecular weight is 271 g/mol. The number of rotatable bonds is 2. The van der Waals surface area contributed by atoms with Crippen molar-refractivity contribution in [2.24, 2.45) is 0 Å². The molecule has 20 heavy (non-hydrogen) atoms. The van der Waals surface area contributed by atoms with Gasteiger partial charge in [-0.2, -0.15) is 0 Å². The Morgan fingerprint density at radius 3 is 2.75 bits per heavy atom. The summed E-state index contributed by atoms with van der Waals surface area (Å²) in [7, 11) is 0. The minimum atomic E-state index is -1.05. The Morgan fingerprint density at radius 2 is 2.05 bits per heavy atom. The third-order valence-electron chi connectivity index (χ3n) is 3.02. The Labute approximate surface area is 113 Å². The van der Waals surface area contributed by atoms with Crippen molar-refractivity contribution in [2.45, 2.75) is 6.92 Å². The first kappa shape index (κ1) is 12.3. The molecule has 0 saturated heterocycles. The summed E-state index contributed by atoms with van der Waals surface area (Å²) >= 11 is 0. The first-order valence-corrected chi connectivity index (χ1v) is 5.91. The molecule has 0 spiro atoms. The van der Waals surface area contributed by atoms with Crippen molar-refractivity contribution in [3.05, 3.63) is 53.3 Å². The standard InChI is InChI=1S/C14H10FN3O2/c1-8-2-5-12(10(15)6-8)18-13-7-9(14(19)20)3-4-11(13)16-17-18/h2-7H,1H3,(H,19,20). The van der Waals surface area contributed by atoms with Gasteiger partial charge < -0.3 is 5.11 Å². The highest BCUT2D eigenvalue weighted by Gasteiger charge is 2.13. The number of aromatic carboxylic acids is 1. The maximum Gasteiger partial charge on any atom is 0.335 e. The van der Waals surface area contributed by atoms with Gasteiger partial charge in [0, 0.05) is 0 Å². The van der Waals surface area contributed by atoms with Crippen LogP contribution < -0.4 is 0 Å². The van der Waals surface area contributed by atoms with Crippen LogP contribution in [0.2, 0.25) is 0 Å². The van der Waals surface area contributed by atoms with Gasteiger partial charge in [-0.1, -0.05) is 11.3 Å². The predicted octanol–water partition coefficient (Wildman–Crippen LogP) is 2.57. The van der Waals surface area contributed by atoms with E-state index in [4.69, 9.17) is 5.11 Å². The van der Waals surface area contributed by atoms with Gasteiger partial charge in [0.1, 0.15) is 17.0 Å². The Bertz CT molecular complexity index is 826. The fraction of sp³-hybridized carbons (Fsp3) is 0.0714. The number of aromatic nitrogens is 3. The molecule has 0 amide bonds. The van der Waals surface area contributed by atoms with Crippen molar-refractivity contribution in [2.75, 3.05) is 0 Å². The van der Waals surface area contributed by atoms with Crippen LogP contribution in [0.25, 0.3) is 16.7 Å². The number of carbonyl (C=O) groups is 1. The zero-order valence-corrected chi connectivity index (χ0v) is 10.5. The lowest BCUT2D eigenvalue weighted by atomic mass is 10.2. The first-order valence-electron chi connectivity index (χ1n) is 5.91. The fourth-order valence-electron chi connectivity index (χ4n) is 2.01. The number of benzene rings is 2. The van der Waals surface area contributed by atoms with Gasteiger partial charge in [-0.05, 0) is 42.8 Å². The van der Waals surface area contributed by atoms with Gasteiger partial charge in [-0.25, -0.2) is 13.9 Å². The summed E-state index contributed by atoms with van der Waals surface area (Å²) < 4.78 is 15.3. The summed E-state index contributed by atoms with van der Waals surface area (Å²) in [4.78, 5) is 11.0. The molecule has 0 atom stereocenters. The topological polar surface area (TPSA) is 68.0 Å². The van der Waals surface area contributed by atoms with E-state index in [1.807, 2.05) is 0 Å². The van der Waals surface area contributed by atoms with E-state index in [2.05, 4.69) is 10.3 Å². The van der Waals surface area contributed by atoms with Gasteiger partial charge in [0.05, 0.1) is 11.1 Å². The molecule has 3 aromatic rings. The molecule has 3 rings (SSSR count). The van der Waals surface area contributed by atoms with Crippen molar-refractivity contribution in [1.29, 1.82) is 0 Å². The lowest BCUT2D eigenvalue weighted by Crippen LogP contribution is -2.01. The molecule has 1 N–H and O–H groups in total. The van der Waals surface area contributed by atoms with Gasteiger partial charge in [0.2, 0.25) is 0 Å². The van der Waals surface area contributed by atoms with Crippen LogP contribution in [0.1, 0.15) is 15.9 Å². The van der Waals surface area contributed by atoms with Gasteiger partial charge >= 0.3 is 5.97 Å². The van der Waals surface area contributed by atoms with E-state index < -0.39 is 11.8 Å². The van der Waals surface area contributed by atoms with Gasteiger partial charge in [-0.15, -0.1) is 5.10 Å². The molecule has 0 fully saturated rings. The summed E-state index contributed by atoms with van der Waals surface area (Å²) in [5, 5.41) is 16.8. The zero-order valence-electron chi connectivity index (χ0n) is 10.5. The summed E-state index contributed by atoms with van der Waals surface area (Å²) in [6.45, 7) is 1.79. The minimum absolute atomic E-state index is 0.105. The Hall–Kier alpha value is -2.76. The molecule has 0 radical (unpaired) electrons. The van der Waals surface area contributed by atoms with E-state index in [1.54, 1.807) is 25.1 Å². The van der Waals surface area contributed by atoms with Crippen molar-refractivity contribution < 1.29 is 14.3 Å². The number of nitrogens with zero attached hydrogens (tertiary/aromatic N) is 3. The molecule has 1 aromatic heterocycles. The van der Waals surface area contributed by atoms with Crippen LogP contribution in [0, 0.1) is 12.7 Å². The van der Waals surface area contributed by atoms with Crippen LogP contribution in [0.3, 0.4) is 0 Å². The summed E-state index contributed by atoms with van der Waals surface area (Å²) in [5.41, 5.74) is 2.10. The van der Waals surface area contributed by atoms with Gasteiger partial charge in [-0.3, -0.25) is 0 Å². The third-order valence-corrected chi connectivity index (χ3v) is 3.02. The smallest absolute Gasteiger partial charge is 0.335 e. The second-order valence-electron chi connectivity index (χ2n) is 4.46. The summed E-state index contributed by atoms with van der Waals surface area (Å²) in [5.74, 6) is -1.48. The summed E-state index contributed by atoms with van der Waals surface area (Å²) in [6.07, 6.45) is 0. The largest absolute Gasteiger partial charge is 0.478 e. The molecular weight excluding hydrogens is 261 g/mol. The van der Waals surface area contributed by atoms with E-state index in [0.29, 0.717) is 11.0 Å². The van der Waals surface area contributed by atoms with E-state index in [-0.39, 0.29) is 11.3 Å². The van der Waals surface area contributed by atoms with Crippen molar-refractivity contribution in [3.63, 3.8) is 0 Å². The van der Waals surface area contributed by atoms with Gasteiger partial charge in [0.15, 0.2) is 0 Å². The van der Waals surface area contributed by atoms with E-state index >= 15 is 0 Å². The van der Waals surface area contributed by atoms with E-state index in [9.17, 15) is 9.18 Å². The van der Waals surface area contributed by atoms with Crippen LogP contribution in [0.15, 0.2) is 36.4 Å². The first-order chi connectivity index (χ1) is 9.56. The molecule has 5 nitrogen and oxygen atoms in total. The highest BCUT2D eigenvalue weighted by Crippen LogP contribution is 2.20. The minimum Gasteiger partial charge on any atom is -0.478 e. The maximum absolute atomic E-state index is 14.0. The number of halogens is 1. The van der Waals surface area contributed by atoms with Crippen LogP contribution in [-0.2, 0) is 0 Å². The Kier molecular flexibility index (Phi) is 2.71. The molecular formula is C14H10FN3O2. The molecule has 1 heterocycles. The van der Waals surface area contributed by atoms with Crippen LogP contribution in [0.5, 0.6) is 0 Å². The molecule has 0 bridgehead atoms. The van der Waals surface area contributed by atoms with Crippen LogP contribution >= 0.6 is 0 Å². The fourth-order valence-corrected chi connectivity index (χ4v) is 2.01. The number of aryl methyl sites for hydroxylation is 1. The average Bonchev–Trinajstić information content (AvgIpc) is 2.81. The number of carboxylic acids is 1. The maximum atomic E-state index is 14.0. The molecule has 0 unspecified atom stereocenters. The van der Waals surface area contributed by atoms with Crippen molar-refractivity contribution in [3.8, 4) is 5.69 Å². The van der Waals surface area contributed by atoms with Crippen molar-refractivity contribution >= 4 is 17.0 Å². The molecule has 0 aliphatic rings. The summed E-state index contributed by atoms with van der Waals surface area (Å²) in [6, 6.07) is 9.16. The highest BCUT2D eigenvalue weighted by molar-refractivity contribution is 5.92. The van der Waals surface area contributed by atoms with Crippen molar-refractivity contribution in [1.82, 2.24) is 15.0 Å². The Balaban J connectivity index is 2.25. The highest BCUT2D eigenvalue weighted by atomic mass is 19.1. The molecule has 0 aliphatic heterocycles. The molecule has 0 saturated carbocycles. The Morgan fingerprint density at radius 1 is 1.25 bits per heavy atom. The monoisotopic (exact) mass is 271 g/mol. The lowest BCUT2D eigenvalue weighted by Gasteiger charge is -2.05. The quantitative estimate of drug-likeness (QED) is 0.777. The number of hydrogen-bond acceptors (Lipinski definition) is 3. The molecule has 100 valence electrons. The lowest BCUT2D eigenvalue weighted by molar-refractivity contribution is 0.0697. The molecule has 0 aliphatic carbocycles.